The summed E-state index contributed by atoms with van der Waals surface area (Å²) >= 11 is 6.14. The molecule has 1 amide bonds. The van der Waals surface area contributed by atoms with Crippen molar-refractivity contribution in [3.8, 4) is 0 Å². The largest absolute Gasteiger partial charge is 0.366 e. The van der Waals surface area contributed by atoms with Crippen LogP contribution in [0.25, 0.3) is 0 Å². The number of carbonyl (C=O) groups excluding carboxylic acids is 1. The molecule has 18 heavy (non-hydrogen) atoms. The van der Waals surface area contributed by atoms with Crippen LogP contribution in [0.1, 0.15) is 5.56 Å². The Labute approximate surface area is 111 Å². The second kappa shape index (κ2) is 4.88. The lowest BCUT2D eigenvalue weighted by atomic mass is 10.1. The van der Waals surface area contributed by atoms with Crippen molar-refractivity contribution >= 4 is 23.2 Å². The Morgan fingerprint density at radius 3 is 3.17 bits per heavy atom. The predicted molar refractivity (Wildman–Crippen MR) is 70.1 cm³/mol. The molecule has 0 aliphatic carbocycles. The van der Waals surface area contributed by atoms with Crippen LogP contribution >= 0.6 is 11.6 Å². The van der Waals surface area contributed by atoms with Crippen LogP contribution in [-0.4, -0.2) is 38.3 Å². The van der Waals surface area contributed by atoms with Crippen molar-refractivity contribution in [1.29, 1.82) is 0 Å². The number of nitrogens with one attached hydrogen (secondary N) is 1. The zero-order valence-corrected chi connectivity index (χ0v) is 10.7. The number of halogens is 1. The fourth-order valence-electron chi connectivity index (χ4n) is 2.52. The molecule has 0 spiro atoms. The summed E-state index contributed by atoms with van der Waals surface area (Å²) < 4.78 is 5.51. The molecule has 4 nitrogen and oxygen atoms in total. The number of anilines is 1. The van der Waals surface area contributed by atoms with Crippen LogP contribution in [0.15, 0.2) is 18.2 Å². The number of hydrogen-bond donors (Lipinski definition) is 1. The van der Waals surface area contributed by atoms with E-state index >= 15 is 0 Å². The van der Waals surface area contributed by atoms with E-state index in [1.54, 1.807) is 4.90 Å². The van der Waals surface area contributed by atoms with E-state index in [1.165, 1.54) is 0 Å². The summed E-state index contributed by atoms with van der Waals surface area (Å²) in [6, 6.07) is 5.70. The highest BCUT2D eigenvalue weighted by Gasteiger charge is 2.32. The highest BCUT2D eigenvalue weighted by atomic mass is 35.5. The Balaban J connectivity index is 1.83. The van der Waals surface area contributed by atoms with E-state index in [0.29, 0.717) is 19.7 Å². The topological polar surface area (TPSA) is 41.6 Å². The van der Waals surface area contributed by atoms with Gasteiger partial charge in [-0.05, 0) is 24.1 Å². The van der Waals surface area contributed by atoms with Gasteiger partial charge in [-0.25, -0.2) is 0 Å². The molecule has 0 radical (unpaired) electrons. The van der Waals surface area contributed by atoms with Gasteiger partial charge in [0.2, 0.25) is 0 Å². The summed E-state index contributed by atoms with van der Waals surface area (Å²) in [7, 11) is 0. The van der Waals surface area contributed by atoms with E-state index in [-0.39, 0.29) is 12.0 Å². The molecule has 0 saturated carbocycles. The molecule has 0 aromatic heterocycles. The summed E-state index contributed by atoms with van der Waals surface area (Å²) in [5, 5.41) is 3.92. The van der Waals surface area contributed by atoms with Crippen LogP contribution in [0.5, 0.6) is 0 Å². The third kappa shape index (κ3) is 2.00. The van der Waals surface area contributed by atoms with Crippen LogP contribution < -0.4 is 10.2 Å². The predicted octanol–water partition coefficient (Wildman–Crippen LogP) is 1.22. The molecule has 1 N–H and O–H groups in total. The van der Waals surface area contributed by atoms with Gasteiger partial charge in [0.25, 0.3) is 5.91 Å². The molecule has 1 saturated heterocycles. The van der Waals surface area contributed by atoms with Crippen molar-refractivity contribution in [2.24, 2.45) is 0 Å². The second-order valence-electron chi connectivity index (χ2n) is 4.54. The van der Waals surface area contributed by atoms with Crippen molar-refractivity contribution in [1.82, 2.24) is 5.32 Å². The number of benzene rings is 1. The molecule has 2 aliphatic heterocycles. The van der Waals surface area contributed by atoms with Crippen molar-refractivity contribution < 1.29 is 9.53 Å². The molecule has 3 rings (SSSR count). The maximum absolute atomic E-state index is 12.4. The standard InChI is InChI=1S/C13H15ClN2O2/c14-10-2-1-3-11-9(10)4-6-16(11)13(17)12-8-15-5-7-18-12/h1-3,12,15H,4-8H2. The average molecular weight is 267 g/mol. The molecule has 1 aromatic rings. The molecule has 1 aromatic carbocycles. The SMILES string of the molecule is O=C(C1CNCCO1)N1CCc2c(Cl)cccc21. The number of carbonyl (C=O) groups is 1. The first-order valence-corrected chi connectivity index (χ1v) is 6.56. The molecule has 96 valence electrons. The van der Waals surface area contributed by atoms with Gasteiger partial charge in [-0.15, -0.1) is 0 Å². The lowest BCUT2D eigenvalue weighted by molar-refractivity contribution is -0.131. The fourth-order valence-corrected chi connectivity index (χ4v) is 2.78. The van der Waals surface area contributed by atoms with Gasteiger partial charge in [-0.3, -0.25) is 4.79 Å². The number of hydrogen-bond acceptors (Lipinski definition) is 3. The van der Waals surface area contributed by atoms with Gasteiger partial charge >= 0.3 is 0 Å². The molecular weight excluding hydrogens is 252 g/mol. The maximum Gasteiger partial charge on any atom is 0.257 e. The fraction of sp³-hybridized carbons (Fsp3) is 0.462. The number of ether oxygens (including phenoxy) is 1. The van der Waals surface area contributed by atoms with Crippen molar-refractivity contribution in [2.75, 3.05) is 31.1 Å². The normalized spacial score (nSPS) is 22.9. The Morgan fingerprint density at radius 2 is 2.39 bits per heavy atom. The lowest BCUT2D eigenvalue weighted by Crippen LogP contribution is -2.49. The van der Waals surface area contributed by atoms with Gasteiger partial charge in [0.05, 0.1) is 6.61 Å². The Bertz CT molecular complexity index is 472. The van der Waals surface area contributed by atoms with Crippen LogP contribution in [0, 0.1) is 0 Å². The molecule has 2 aliphatic rings. The minimum Gasteiger partial charge on any atom is -0.366 e. The summed E-state index contributed by atoms with van der Waals surface area (Å²) in [4.78, 5) is 14.2. The monoisotopic (exact) mass is 266 g/mol. The van der Waals surface area contributed by atoms with E-state index in [9.17, 15) is 4.79 Å². The smallest absolute Gasteiger partial charge is 0.257 e. The zero-order valence-electron chi connectivity index (χ0n) is 9.99. The minimum absolute atomic E-state index is 0.0308. The van der Waals surface area contributed by atoms with Gasteiger partial charge in [0.1, 0.15) is 6.10 Å². The molecule has 5 heteroatoms. The van der Waals surface area contributed by atoms with Crippen molar-refractivity contribution in [3.05, 3.63) is 28.8 Å². The second-order valence-corrected chi connectivity index (χ2v) is 4.95. The van der Waals surface area contributed by atoms with E-state index in [0.717, 1.165) is 29.2 Å². The van der Waals surface area contributed by atoms with Crippen molar-refractivity contribution in [3.63, 3.8) is 0 Å². The number of fused-ring (bicyclic) bond motifs is 1. The third-order valence-corrected chi connectivity index (χ3v) is 3.79. The number of nitrogens with zero attached hydrogens (tertiary/aromatic N) is 1. The molecule has 0 bridgehead atoms. The van der Waals surface area contributed by atoms with Crippen LogP contribution in [0.2, 0.25) is 5.02 Å². The molecule has 1 atom stereocenters. The van der Waals surface area contributed by atoms with Crippen LogP contribution in [0.4, 0.5) is 5.69 Å². The quantitative estimate of drug-likeness (QED) is 0.831. The van der Waals surface area contributed by atoms with Gasteiger partial charge in [0, 0.05) is 30.3 Å². The number of amides is 1. The first-order valence-electron chi connectivity index (χ1n) is 6.18. The summed E-state index contributed by atoms with van der Waals surface area (Å²) in [5.41, 5.74) is 2.00. The Hall–Kier alpha value is -1.10. The number of morpholine rings is 1. The summed E-state index contributed by atoms with van der Waals surface area (Å²) in [6.07, 6.45) is 0.449. The molecule has 2 heterocycles. The summed E-state index contributed by atoms with van der Waals surface area (Å²) in [5.74, 6) is 0.0308. The van der Waals surface area contributed by atoms with Crippen molar-refractivity contribution in [2.45, 2.75) is 12.5 Å². The van der Waals surface area contributed by atoms with E-state index in [2.05, 4.69) is 5.32 Å². The summed E-state index contributed by atoms with van der Waals surface area (Å²) in [6.45, 7) is 2.68. The third-order valence-electron chi connectivity index (χ3n) is 3.44. The molecule has 1 fully saturated rings. The van der Waals surface area contributed by atoms with Crippen LogP contribution in [0.3, 0.4) is 0 Å². The van der Waals surface area contributed by atoms with Crippen LogP contribution in [-0.2, 0) is 16.0 Å². The minimum atomic E-state index is -0.372. The van der Waals surface area contributed by atoms with E-state index < -0.39 is 0 Å². The van der Waals surface area contributed by atoms with Gasteiger partial charge in [-0.2, -0.15) is 0 Å². The Morgan fingerprint density at radius 1 is 1.50 bits per heavy atom. The van der Waals surface area contributed by atoms with Gasteiger partial charge in [-0.1, -0.05) is 17.7 Å². The van der Waals surface area contributed by atoms with Gasteiger partial charge in [0.15, 0.2) is 0 Å². The first-order chi connectivity index (χ1) is 8.77. The number of rotatable bonds is 1. The molecular formula is C13H15ClN2O2. The first kappa shape index (κ1) is 12.0. The maximum atomic E-state index is 12.4. The average Bonchev–Trinajstić information content (AvgIpc) is 2.84. The molecule has 1 unspecified atom stereocenters. The zero-order chi connectivity index (χ0) is 12.5. The lowest BCUT2D eigenvalue weighted by Gasteiger charge is -2.27. The highest BCUT2D eigenvalue weighted by molar-refractivity contribution is 6.32. The Kier molecular flexibility index (Phi) is 3.24. The highest BCUT2D eigenvalue weighted by Crippen LogP contribution is 2.33. The van der Waals surface area contributed by atoms with E-state index in [1.807, 2.05) is 18.2 Å². The van der Waals surface area contributed by atoms with E-state index in [4.69, 9.17) is 16.3 Å². The van der Waals surface area contributed by atoms with Gasteiger partial charge < -0.3 is 15.0 Å².